The predicted molar refractivity (Wildman–Crippen MR) is 71.0 cm³/mol. The summed E-state index contributed by atoms with van der Waals surface area (Å²) in [6, 6.07) is 0. The van der Waals surface area contributed by atoms with E-state index in [1.165, 1.54) is 58.5 Å². The van der Waals surface area contributed by atoms with Crippen LogP contribution >= 0.6 is 0 Å². The fourth-order valence-electron chi connectivity index (χ4n) is 1.68. The van der Waals surface area contributed by atoms with Crippen LogP contribution in [0.5, 0.6) is 0 Å². The van der Waals surface area contributed by atoms with Gasteiger partial charge in [0.2, 0.25) is 0 Å². The number of methoxy groups -OCH3 is 1. The summed E-state index contributed by atoms with van der Waals surface area (Å²) in [7, 11) is 1.45. The molecule has 0 saturated carbocycles. The molecule has 3 heteroatoms. The minimum atomic E-state index is -0.0713. The van der Waals surface area contributed by atoms with Crippen molar-refractivity contribution in [1.29, 1.82) is 0 Å². The number of hydrogen-bond acceptors (Lipinski definition) is 2. The molecule has 92 valence electrons. The second-order valence-corrected chi connectivity index (χ2v) is 4.15. The molecule has 0 rings (SSSR count). The molecule has 0 aliphatic carbocycles. The molecule has 0 heterocycles. The molecular formula is C13H27NaO2. The summed E-state index contributed by atoms with van der Waals surface area (Å²) in [5.74, 6) is -0.0713. The molecule has 0 aromatic carbocycles. The van der Waals surface area contributed by atoms with Crippen LogP contribution in [0, 0.1) is 0 Å². The van der Waals surface area contributed by atoms with E-state index in [1.807, 2.05) is 0 Å². The Kier molecular flexibility index (Phi) is 18.2. The van der Waals surface area contributed by atoms with Crippen molar-refractivity contribution in [3.05, 3.63) is 0 Å². The van der Waals surface area contributed by atoms with Gasteiger partial charge in [-0.15, -0.1) is 0 Å². The van der Waals surface area contributed by atoms with Crippen LogP contribution in [0.25, 0.3) is 0 Å². The van der Waals surface area contributed by atoms with E-state index in [-0.39, 0.29) is 35.5 Å². The Hall–Kier alpha value is 0.470. The summed E-state index contributed by atoms with van der Waals surface area (Å²) < 4.78 is 4.58. The van der Waals surface area contributed by atoms with Gasteiger partial charge in [0.15, 0.2) is 0 Å². The third-order valence-electron chi connectivity index (χ3n) is 2.71. The molecule has 0 fully saturated rings. The summed E-state index contributed by atoms with van der Waals surface area (Å²) >= 11 is 0. The molecule has 0 amide bonds. The molecule has 0 atom stereocenters. The van der Waals surface area contributed by atoms with E-state index in [4.69, 9.17) is 0 Å². The van der Waals surface area contributed by atoms with Crippen molar-refractivity contribution >= 4 is 35.5 Å². The van der Waals surface area contributed by atoms with E-state index >= 15 is 0 Å². The Bertz CT molecular complexity index is 149. The fraction of sp³-hybridized carbons (Fsp3) is 0.923. The van der Waals surface area contributed by atoms with Crippen molar-refractivity contribution in [2.75, 3.05) is 7.11 Å². The number of unbranched alkanes of at least 4 members (excludes halogenated alkanes) is 8. The summed E-state index contributed by atoms with van der Waals surface area (Å²) in [6.45, 7) is 2.24. The predicted octanol–water partition coefficient (Wildman–Crippen LogP) is 3.43. The second kappa shape index (κ2) is 15.5. The fourth-order valence-corrected chi connectivity index (χ4v) is 1.68. The maximum absolute atomic E-state index is 10.8. The first kappa shape index (κ1) is 18.8. The topological polar surface area (TPSA) is 26.3 Å². The number of hydrogen-bond donors (Lipinski definition) is 0. The van der Waals surface area contributed by atoms with Gasteiger partial charge in [0, 0.05) is 6.42 Å². The van der Waals surface area contributed by atoms with Crippen LogP contribution in [0.3, 0.4) is 0 Å². The number of ether oxygens (including phenoxy) is 1. The normalized spacial score (nSPS) is 9.62. The van der Waals surface area contributed by atoms with Crippen molar-refractivity contribution in [1.82, 2.24) is 0 Å². The van der Waals surface area contributed by atoms with Gasteiger partial charge >= 0.3 is 35.5 Å². The van der Waals surface area contributed by atoms with Crippen LogP contribution in [0.15, 0.2) is 0 Å². The zero-order chi connectivity index (χ0) is 11.4. The minimum absolute atomic E-state index is 0. The number of carbonyl (C=O) groups excluding carboxylic acids is 1. The third-order valence-corrected chi connectivity index (χ3v) is 2.71. The monoisotopic (exact) mass is 238 g/mol. The van der Waals surface area contributed by atoms with Crippen LogP contribution in [0.2, 0.25) is 0 Å². The van der Waals surface area contributed by atoms with E-state index in [2.05, 4.69) is 11.7 Å². The maximum atomic E-state index is 10.8. The van der Waals surface area contributed by atoms with Crippen LogP contribution in [0.4, 0.5) is 0 Å². The first-order valence-corrected chi connectivity index (χ1v) is 6.38. The number of carbonyl (C=O) groups is 1. The summed E-state index contributed by atoms with van der Waals surface area (Å²) in [5.41, 5.74) is 0. The summed E-state index contributed by atoms with van der Waals surface area (Å²) in [5, 5.41) is 0. The Labute approximate surface area is 123 Å². The van der Waals surface area contributed by atoms with Gasteiger partial charge in [-0.25, -0.2) is 0 Å². The zero-order valence-corrected chi connectivity index (χ0v) is 10.4. The average molecular weight is 238 g/mol. The van der Waals surface area contributed by atoms with Gasteiger partial charge in [0.1, 0.15) is 0 Å². The molecule has 2 nitrogen and oxygen atoms in total. The van der Waals surface area contributed by atoms with Gasteiger partial charge in [-0.1, -0.05) is 58.3 Å². The molecule has 0 aromatic heterocycles. The Morgan fingerprint density at radius 3 is 1.75 bits per heavy atom. The van der Waals surface area contributed by atoms with Gasteiger partial charge in [-0.05, 0) is 6.42 Å². The standard InChI is InChI=1S/C13H26O2.Na.H/c1-3-4-5-6-7-8-9-10-11-12-13(14)15-2;;/h3-12H2,1-2H3;;. The molecule has 0 aliphatic heterocycles. The van der Waals surface area contributed by atoms with Gasteiger partial charge in [0.25, 0.3) is 0 Å². The summed E-state index contributed by atoms with van der Waals surface area (Å²) in [6.07, 6.45) is 12.2. The molecular weight excluding hydrogens is 211 g/mol. The first-order chi connectivity index (χ1) is 7.31. The molecule has 0 aliphatic rings. The van der Waals surface area contributed by atoms with Gasteiger partial charge in [0.05, 0.1) is 7.11 Å². The second-order valence-electron chi connectivity index (χ2n) is 4.15. The van der Waals surface area contributed by atoms with E-state index in [1.54, 1.807) is 0 Å². The van der Waals surface area contributed by atoms with E-state index in [0.717, 1.165) is 6.42 Å². The van der Waals surface area contributed by atoms with Crippen LogP contribution < -0.4 is 0 Å². The average Bonchev–Trinajstić information content (AvgIpc) is 2.26. The van der Waals surface area contributed by atoms with Crippen molar-refractivity contribution in [2.45, 2.75) is 71.1 Å². The molecule has 0 bridgehead atoms. The van der Waals surface area contributed by atoms with Crippen LogP contribution in [0.1, 0.15) is 71.1 Å². The molecule has 0 unspecified atom stereocenters. The SMILES string of the molecule is CCCCCCCCCCCC(=O)OC.[NaH]. The van der Waals surface area contributed by atoms with Crippen molar-refractivity contribution in [2.24, 2.45) is 0 Å². The van der Waals surface area contributed by atoms with Gasteiger partial charge in [-0.2, -0.15) is 0 Å². The number of esters is 1. The van der Waals surface area contributed by atoms with E-state index in [9.17, 15) is 4.79 Å². The summed E-state index contributed by atoms with van der Waals surface area (Å²) in [4.78, 5) is 10.8. The molecule has 0 aromatic rings. The zero-order valence-electron chi connectivity index (χ0n) is 10.4. The van der Waals surface area contributed by atoms with Crippen molar-refractivity contribution in [3.63, 3.8) is 0 Å². The number of rotatable bonds is 10. The molecule has 0 radical (unpaired) electrons. The first-order valence-electron chi connectivity index (χ1n) is 6.38. The van der Waals surface area contributed by atoms with Crippen molar-refractivity contribution < 1.29 is 9.53 Å². The van der Waals surface area contributed by atoms with E-state index in [0.29, 0.717) is 6.42 Å². The van der Waals surface area contributed by atoms with Gasteiger partial charge < -0.3 is 4.74 Å². The molecule has 16 heavy (non-hydrogen) atoms. The van der Waals surface area contributed by atoms with Crippen molar-refractivity contribution in [3.8, 4) is 0 Å². The molecule has 0 saturated heterocycles. The Morgan fingerprint density at radius 1 is 0.875 bits per heavy atom. The van der Waals surface area contributed by atoms with E-state index < -0.39 is 0 Å². The van der Waals surface area contributed by atoms with Crippen LogP contribution in [-0.4, -0.2) is 42.6 Å². The Balaban J connectivity index is 0. The quantitative estimate of drug-likeness (QED) is 0.331. The molecule has 0 spiro atoms. The third kappa shape index (κ3) is 14.5. The van der Waals surface area contributed by atoms with Crippen LogP contribution in [-0.2, 0) is 9.53 Å². The molecule has 0 N–H and O–H groups in total. The Morgan fingerprint density at radius 2 is 1.31 bits per heavy atom. The van der Waals surface area contributed by atoms with Gasteiger partial charge in [-0.3, -0.25) is 4.79 Å².